The van der Waals surface area contributed by atoms with Crippen LogP contribution in [-0.2, 0) is 9.47 Å². The fraction of sp³-hybridized carbons (Fsp3) is 1.00. The minimum absolute atomic E-state index is 0.144. The summed E-state index contributed by atoms with van der Waals surface area (Å²) in [4.78, 5) is 0. The summed E-state index contributed by atoms with van der Waals surface area (Å²) < 4.78 is 11.9. The minimum atomic E-state index is -0.439. The van der Waals surface area contributed by atoms with Crippen molar-refractivity contribution >= 4 is 0 Å². The van der Waals surface area contributed by atoms with Crippen molar-refractivity contribution in [3.63, 3.8) is 0 Å². The normalized spacial score (nSPS) is 31.9. The van der Waals surface area contributed by atoms with E-state index in [1.807, 2.05) is 13.8 Å². The molecule has 1 atom stereocenters. The molecular weight excluding hydrogens is 206 g/mol. The second kappa shape index (κ2) is 4.61. The number of aliphatic hydroxyl groups excluding tert-OH is 1. The van der Waals surface area contributed by atoms with Crippen molar-refractivity contribution in [2.75, 3.05) is 19.8 Å². The van der Waals surface area contributed by atoms with Crippen molar-refractivity contribution in [3.8, 4) is 0 Å². The van der Waals surface area contributed by atoms with E-state index in [-0.39, 0.29) is 17.8 Å². The Kier molecular flexibility index (Phi) is 4.00. The average molecular weight is 231 g/mol. The van der Waals surface area contributed by atoms with E-state index in [1.54, 1.807) is 0 Å². The van der Waals surface area contributed by atoms with E-state index in [1.165, 1.54) is 0 Å². The van der Waals surface area contributed by atoms with Gasteiger partial charge in [-0.2, -0.15) is 0 Å². The molecule has 0 amide bonds. The van der Waals surface area contributed by atoms with Crippen LogP contribution in [0.2, 0.25) is 0 Å². The largest absolute Gasteiger partial charge is 0.396 e. The second-order valence-corrected chi connectivity index (χ2v) is 5.67. The van der Waals surface area contributed by atoms with E-state index in [2.05, 4.69) is 13.8 Å². The van der Waals surface area contributed by atoms with Crippen molar-refractivity contribution in [3.05, 3.63) is 0 Å². The van der Waals surface area contributed by atoms with Crippen molar-refractivity contribution in [1.82, 2.24) is 0 Å². The Morgan fingerprint density at radius 3 is 2.31 bits per heavy atom. The summed E-state index contributed by atoms with van der Waals surface area (Å²) in [6, 6.07) is 0. The standard InChI is InChI=1S/C12H25NO3/c1-10(2)8-12(9-13,11(3,4)16-10)15-7-5-6-14/h14H,5-9,13H2,1-4H3. The number of rotatable bonds is 5. The molecule has 0 bridgehead atoms. The Bertz CT molecular complexity index is 240. The van der Waals surface area contributed by atoms with E-state index in [4.69, 9.17) is 20.3 Å². The lowest BCUT2D eigenvalue weighted by Crippen LogP contribution is -2.54. The molecule has 1 heterocycles. The van der Waals surface area contributed by atoms with E-state index in [9.17, 15) is 0 Å². The van der Waals surface area contributed by atoms with Crippen LogP contribution >= 0.6 is 0 Å². The number of nitrogens with two attached hydrogens (primary N) is 1. The van der Waals surface area contributed by atoms with Gasteiger partial charge in [0.05, 0.1) is 11.2 Å². The molecule has 1 aliphatic rings. The summed E-state index contributed by atoms with van der Waals surface area (Å²) in [6.07, 6.45) is 1.42. The molecule has 3 N–H and O–H groups in total. The molecule has 0 saturated carbocycles. The SMILES string of the molecule is CC1(C)CC(CN)(OCCCO)C(C)(C)O1. The van der Waals surface area contributed by atoms with Crippen LogP contribution in [0.3, 0.4) is 0 Å². The van der Waals surface area contributed by atoms with Gasteiger partial charge in [0.15, 0.2) is 0 Å². The molecule has 1 aliphatic heterocycles. The molecule has 4 nitrogen and oxygen atoms in total. The lowest BCUT2D eigenvalue weighted by molar-refractivity contribution is -0.149. The minimum Gasteiger partial charge on any atom is -0.396 e. The maximum Gasteiger partial charge on any atom is 0.111 e. The maximum absolute atomic E-state index is 8.79. The lowest BCUT2D eigenvalue weighted by Gasteiger charge is -2.38. The third-order valence-electron chi connectivity index (χ3n) is 3.35. The quantitative estimate of drug-likeness (QED) is 0.694. The molecule has 0 spiro atoms. The molecule has 0 aliphatic carbocycles. The van der Waals surface area contributed by atoms with Gasteiger partial charge in [0.2, 0.25) is 0 Å². The van der Waals surface area contributed by atoms with E-state index in [0.717, 1.165) is 6.42 Å². The lowest BCUT2D eigenvalue weighted by atomic mass is 9.82. The maximum atomic E-state index is 8.79. The Labute approximate surface area is 98.1 Å². The molecular formula is C12H25NO3. The highest BCUT2D eigenvalue weighted by molar-refractivity contribution is 5.08. The van der Waals surface area contributed by atoms with E-state index < -0.39 is 5.60 Å². The van der Waals surface area contributed by atoms with E-state index >= 15 is 0 Å². The van der Waals surface area contributed by atoms with Crippen molar-refractivity contribution in [1.29, 1.82) is 0 Å². The van der Waals surface area contributed by atoms with Crippen molar-refractivity contribution in [2.24, 2.45) is 5.73 Å². The predicted molar refractivity (Wildman–Crippen MR) is 63.3 cm³/mol. The highest BCUT2D eigenvalue weighted by Crippen LogP contribution is 2.46. The fourth-order valence-electron chi connectivity index (χ4n) is 2.65. The second-order valence-electron chi connectivity index (χ2n) is 5.67. The number of aliphatic hydroxyl groups is 1. The zero-order valence-electron chi connectivity index (χ0n) is 10.9. The van der Waals surface area contributed by atoms with Crippen LogP contribution in [0.25, 0.3) is 0 Å². The van der Waals surface area contributed by atoms with Gasteiger partial charge in [-0.1, -0.05) is 0 Å². The third-order valence-corrected chi connectivity index (χ3v) is 3.35. The topological polar surface area (TPSA) is 64.7 Å². The summed E-state index contributed by atoms with van der Waals surface area (Å²) in [7, 11) is 0. The predicted octanol–water partition coefficient (Wildman–Crippen LogP) is 1.06. The summed E-state index contributed by atoms with van der Waals surface area (Å²) in [5.41, 5.74) is 4.85. The van der Waals surface area contributed by atoms with Crippen LogP contribution in [0, 0.1) is 0 Å². The highest BCUT2D eigenvalue weighted by Gasteiger charge is 2.57. The van der Waals surface area contributed by atoms with Crippen LogP contribution in [0.5, 0.6) is 0 Å². The molecule has 1 rings (SSSR count). The van der Waals surface area contributed by atoms with E-state index in [0.29, 0.717) is 19.6 Å². The molecule has 0 aromatic heterocycles. The molecule has 4 heteroatoms. The first-order valence-electron chi connectivity index (χ1n) is 5.94. The molecule has 0 radical (unpaired) electrons. The van der Waals surface area contributed by atoms with Crippen LogP contribution in [-0.4, -0.2) is 41.7 Å². The van der Waals surface area contributed by atoms with Crippen LogP contribution in [0.1, 0.15) is 40.5 Å². The smallest absolute Gasteiger partial charge is 0.111 e. The first-order valence-corrected chi connectivity index (χ1v) is 5.94. The average Bonchev–Trinajstić information content (AvgIpc) is 2.32. The molecule has 1 fully saturated rings. The Morgan fingerprint density at radius 1 is 1.31 bits per heavy atom. The zero-order valence-corrected chi connectivity index (χ0v) is 10.9. The Morgan fingerprint density at radius 2 is 1.94 bits per heavy atom. The van der Waals surface area contributed by atoms with Crippen LogP contribution in [0.4, 0.5) is 0 Å². The molecule has 1 saturated heterocycles. The molecule has 16 heavy (non-hydrogen) atoms. The Hall–Kier alpha value is -0.160. The van der Waals surface area contributed by atoms with Crippen molar-refractivity contribution in [2.45, 2.75) is 57.3 Å². The third kappa shape index (κ3) is 2.56. The van der Waals surface area contributed by atoms with Gasteiger partial charge in [-0.15, -0.1) is 0 Å². The van der Waals surface area contributed by atoms with Crippen LogP contribution < -0.4 is 5.73 Å². The monoisotopic (exact) mass is 231 g/mol. The van der Waals surface area contributed by atoms with Gasteiger partial charge in [0.25, 0.3) is 0 Å². The molecule has 1 unspecified atom stereocenters. The summed E-state index contributed by atoms with van der Waals surface area (Å²) in [5, 5.41) is 8.79. The number of hydrogen-bond donors (Lipinski definition) is 2. The highest BCUT2D eigenvalue weighted by atomic mass is 16.6. The zero-order chi connectivity index (χ0) is 12.4. The van der Waals surface area contributed by atoms with Crippen molar-refractivity contribution < 1.29 is 14.6 Å². The Balaban J connectivity index is 2.77. The van der Waals surface area contributed by atoms with Gasteiger partial charge >= 0.3 is 0 Å². The number of hydrogen-bond acceptors (Lipinski definition) is 4. The van der Waals surface area contributed by atoms with Crippen LogP contribution in [0.15, 0.2) is 0 Å². The van der Waals surface area contributed by atoms with Gasteiger partial charge in [-0.25, -0.2) is 0 Å². The fourth-order valence-corrected chi connectivity index (χ4v) is 2.65. The van der Waals surface area contributed by atoms with Gasteiger partial charge < -0.3 is 20.3 Å². The molecule has 0 aromatic carbocycles. The number of ether oxygens (including phenoxy) is 2. The summed E-state index contributed by atoms with van der Waals surface area (Å²) >= 11 is 0. The van der Waals surface area contributed by atoms with Gasteiger partial charge in [-0.3, -0.25) is 0 Å². The van der Waals surface area contributed by atoms with Gasteiger partial charge in [-0.05, 0) is 34.1 Å². The van der Waals surface area contributed by atoms with Gasteiger partial charge in [0.1, 0.15) is 5.60 Å². The molecule has 96 valence electrons. The summed E-state index contributed by atoms with van der Waals surface area (Å²) in [6.45, 7) is 9.26. The summed E-state index contributed by atoms with van der Waals surface area (Å²) in [5.74, 6) is 0. The first-order chi connectivity index (χ1) is 7.29. The van der Waals surface area contributed by atoms with Gasteiger partial charge in [0, 0.05) is 26.2 Å². The first kappa shape index (κ1) is 13.9. The molecule has 0 aromatic rings.